The van der Waals surface area contributed by atoms with Crippen LogP contribution in [0.5, 0.6) is 0 Å². The van der Waals surface area contributed by atoms with Gasteiger partial charge in [0, 0.05) is 6.92 Å². The molecule has 10 heteroatoms. The number of amides is 2. The van der Waals surface area contributed by atoms with E-state index in [1.807, 2.05) is 10.6 Å². The third kappa shape index (κ3) is 5.22. The zero-order valence-electron chi connectivity index (χ0n) is 12.5. The summed E-state index contributed by atoms with van der Waals surface area (Å²) in [5.74, 6) is -3.57. The highest BCUT2D eigenvalue weighted by molar-refractivity contribution is 5.91. The SMILES string of the molecule is CC(=O)N[C@@](NC(=O)C[C@@H](O)[C@@H](O)[C@@H](C)O)(C(=O)O)[C@@H](C)O. The molecule has 0 aromatic carbocycles. The number of carboxylic acid groups (broad SMARTS) is 1. The standard InChI is InChI=1S/C12H22N2O8/c1-5(15)10(20)8(18)4-9(19)14-12(6(2)16,11(21)22)13-7(3)17/h5-6,8,10,15-16,18,20H,4H2,1-3H3,(H,13,17)(H,14,19)(H,21,22)/t5-,6-,8-,10+,12+/m1/s1. The molecule has 0 bridgehead atoms. The molecule has 0 fully saturated rings. The second-order valence-corrected chi connectivity index (χ2v) is 5.02. The maximum Gasteiger partial charge on any atom is 0.353 e. The second-order valence-electron chi connectivity index (χ2n) is 5.02. The molecular formula is C12H22N2O8. The Kier molecular flexibility index (Phi) is 7.39. The van der Waals surface area contributed by atoms with Gasteiger partial charge in [0.05, 0.1) is 18.6 Å². The number of aliphatic hydroxyl groups excluding tert-OH is 4. The summed E-state index contributed by atoms with van der Waals surface area (Å²) >= 11 is 0. The minimum Gasteiger partial charge on any atom is -0.478 e. The first kappa shape index (κ1) is 20.2. The van der Waals surface area contributed by atoms with Crippen molar-refractivity contribution < 1.29 is 39.9 Å². The molecule has 0 aromatic heterocycles. The van der Waals surface area contributed by atoms with Crippen LogP contribution in [0, 0.1) is 0 Å². The molecule has 0 aliphatic heterocycles. The second kappa shape index (κ2) is 8.03. The van der Waals surface area contributed by atoms with Gasteiger partial charge in [-0.1, -0.05) is 0 Å². The van der Waals surface area contributed by atoms with Gasteiger partial charge in [-0.15, -0.1) is 0 Å². The first-order chi connectivity index (χ1) is 9.93. The fourth-order valence-corrected chi connectivity index (χ4v) is 1.71. The Labute approximate surface area is 126 Å². The number of aliphatic carboxylic acids is 1. The van der Waals surface area contributed by atoms with Crippen LogP contribution in [-0.4, -0.2) is 73.4 Å². The topological polar surface area (TPSA) is 176 Å². The number of hydrogen-bond acceptors (Lipinski definition) is 7. The fourth-order valence-electron chi connectivity index (χ4n) is 1.71. The van der Waals surface area contributed by atoms with E-state index >= 15 is 0 Å². The van der Waals surface area contributed by atoms with Crippen LogP contribution in [0.4, 0.5) is 0 Å². The minimum absolute atomic E-state index is 0.743. The normalized spacial score (nSPS) is 19.2. The Balaban J connectivity index is 5.12. The lowest BCUT2D eigenvalue weighted by atomic mass is 10.0. The van der Waals surface area contributed by atoms with Crippen LogP contribution < -0.4 is 10.6 Å². The number of hydrogen-bond donors (Lipinski definition) is 7. The summed E-state index contributed by atoms with van der Waals surface area (Å²) in [6.07, 6.45) is -7.00. The van der Waals surface area contributed by atoms with Gasteiger partial charge in [0.25, 0.3) is 0 Å². The van der Waals surface area contributed by atoms with E-state index in [0.717, 1.165) is 13.8 Å². The summed E-state index contributed by atoms with van der Waals surface area (Å²) < 4.78 is 0. The molecular weight excluding hydrogens is 300 g/mol. The average molecular weight is 322 g/mol. The van der Waals surface area contributed by atoms with Crippen LogP contribution in [-0.2, 0) is 14.4 Å². The molecule has 0 radical (unpaired) electrons. The highest BCUT2D eigenvalue weighted by atomic mass is 16.4. The van der Waals surface area contributed by atoms with Crippen LogP contribution in [0.1, 0.15) is 27.2 Å². The lowest BCUT2D eigenvalue weighted by molar-refractivity contribution is -0.158. The Morgan fingerprint density at radius 1 is 1.05 bits per heavy atom. The molecule has 22 heavy (non-hydrogen) atoms. The lowest BCUT2D eigenvalue weighted by Crippen LogP contribution is -2.71. The number of carbonyl (C=O) groups excluding carboxylic acids is 2. The zero-order valence-corrected chi connectivity index (χ0v) is 12.5. The van der Waals surface area contributed by atoms with Crippen LogP contribution in [0.2, 0.25) is 0 Å². The zero-order chi connectivity index (χ0) is 17.7. The molecule has 0 rings (SSSR count). The van der Waals surface area contributed by atoms with E-state index < -0.39 is 54.3 Å². The summed E-state index contributed by atoms with van der Waals surface area (Å²) in [4.78, 5) is 34.2. The summed E-state index contributed by atoms with van der Waals surface area (Å²) in [5.41, 5.74) is -2.47. The minimum atomic E-state index is -2.47. The highest BCUT2D eigenvalue weighted by Crippen LogP contribution is 2.11. The van der Waals surface area contributed by atoms with Gasteiger partial charge in [0.15, 0.2) is 0 Å². The van der Waals surface area contributed by atoms with Crippen LogP contribution >= 0.6 is 0 Å². The number of carbonyl (C=O) groups is 3. The number of carboxylic acids is 1. The summed E-state index contributed by atoms with van der Waals surface area (Å²) in [6.45, 7) is 3.24. The molecule has 0 aliphatic rings. The van der Waals surface area contributed by atoms with Crippen molar-refractivity contribution in [2.75, 3.05) is 0 Å². The van der Waals surface area contributed by atoms with Crippen molar-refractivity contribution in [2.24, 2.45) is 0 Å². The van der Waals surface area contributed by atoms with Crippen molar-refractivity contribution in [1.82, 2.24) is 10.6 Å². The van der Waals surface area contributed by atoms with E-state index in [4.69, 9.17) is 5.11 Å². The van der Waals surface area contributed by atoms with Crippen molar-refractivity contribution in [2.45, 2.75) is 57.3 Å². The maximum atomic E-state index is 11.8. The summed E-state index contributed by atoms with van der Waals surface area (Å²) in [5, 5.41) is 50.7. The van der Waals surface area contributed by atoms with E-state index in [-0.39, 0.29) is 0 Å². The van der Waals surface area contributed by atoms with Crippen molar-refractivity contribution in [3.05, 3.63) is 0 Å². The largest absolute Gasteiger partial charge is 0.478 e. The van der Waals surface area contributed by atoms with Gasteiger partial charge in [-0.25, -0.2) is 4.79 Å². The van der Waals surface area contributed by atoms with Gasteiger partial charge in [-0.3, -0.25) is 9.59 Å². The third-order valence-corrected chi connectivity index (χ3v) is 2.96. The van der Waals surface area contributed by atoms with E-state index in [1.165, 1.54) is 6.92 Å². The van der Waals surface area contributed by atoms with Crippen molar-refractivity contribution >= 4 is 17.8 Å². The third-order valence-electron chi connectivity index (χ3n) is 2.96. The number of aliphatic hydroxyl groups is 4. The lowest BCUT2D eigenvalue weighted by Gasteiger charge is -2.34. The Hall–Kier alpha value is -1.75. The van der Waals surface area contributed by atoms with Crippen molar-refractivity contribution in [1.29, 1.82) is 0 Å². The maximum absolute atomic E-state index is 11.8. The van der Waals surface area contributed by atoms with Crippen molar-refractivity contribution in [3.8, 4) is 0 Å². The van der Waals surface area contributed by atoms with Gasteiger partial charge in [-0.05, 0) is 13.8 Å². The number of nitrogens with one attached hydrogen (secondary N) is 2. The molecule has 0 heterocycles. The van der Waals surface area contributed by atoms with Gasteiger partial charge in [0.1, 0.15) is 12.2 Å². The fraction of sp³-hybridized carbons (Fsp3) is 0.750. The Morgan fingerprint density at radius 3 is 1.86 bits per heavy atom. The van der Waals surface area contributed by atoms with Crippen LogP contribution in [0.15, 0.2) is 0 Å². The monoisotopic (exact) mass is 322 g/mol. The van der Waals surface area contributed by atoms with Crippen molar-refractivity contribution in [3.63, 3.8) is 0 Å². The van der Waals surface area contributed by atoms with Gasteiger partial charge in [0.2, 0.25) is 17.5 Å². The molecule has 5 atom stereocenters. The predicted octanol–water partition coefficient (Wildman–Crippen LogP) is -3.11. The molecule has 0 spiro atoms. The average Bonchev–Trinajstić information content (AvgIpc) is 2.35. The Bertz CT molecular complexity index is 425. The van der Waals surface area contributed by atoms with Gasteiger partial charge in [-0.2, -0.15) is 0 Å². The molecule has 0 saturated carbocycles. The van der Waals surface area contributed by atoms with E-state index in [0.29, 0.717) is 0 Å². The van der Waals surface area contributed by atoms with Crippen LogP contribution in [0.25, 0.3) is 0 Å². The molecule has 0 unspecified atom stereocenters. The molecule has 0 aliphatic carbocycles. The van der Waals surface area contributed by atoms with Gasteiger partial charge >= 0.3 is 5.97 Å². The van der Waals surface area contributed by atoms with E-state index in [1.54, 1.807) is 0 Å². The summed E-state index contributed by atoms with van der Waals surface area (Å²) in [6, 6.07) is 0. The van der Waals surface area contributed by atoms with Gasteiger partial charge < -0.3 is 36.2 Å². The Morgan fingerprint density at radius 2 is 1.55 bits per heavy atom. The summed E-state index contributed by atoms with van der Waals surface area (Å²) in [7, 11) is 0. The van der Waals surface area contributed by atoms with E-state index in [9.17, 15) is 34.8 Å². The van der Waals surface area contributed by atoms with E-state index in [2.05, 4.69) is 0 Å². The first-order valence-electron chi connectivity index (χ1n) is 6.49. The molecule has 7 N–H and O–H groups in total. The predicted molar refractivity (Wildman–Crippen MR) is 72.3 cm³/mol. The first-order valence-corrected chi connectivity index (χ1v) is 6.49. The highest BCUT2D eigenvalue weighted by Gasteiger charge is 2.46. The molecule has 2 amide bonds. The quantitative estimate of drug-likeness (QED) is 0.230. The smallest absolute Gasteiger partial charge is 0.353 e. The molecule has 128 valence electrons. The number of rotatable bonds is 8. The molecule has 10 nitrogen and oxygen atoms in total. The molecule has 0 saturated heterocycles. The molecule has 0 aromatic rings. The van der Waals surface area contributed by atoms with Crippen LogP contribution in [0.3, 0.4) is 0 Å².